The van der Waals surface area contributed by atoms with E-state index in [1.807, 2.05) is 0 Å². The van der Waals surface area contributed by atoms with Gasteiger partial charge in [-0.3, -0.25) is 4.79 Å². The van der Waals surface area contributed by atoms with Crippen LogP contribution in [0.4, 0.5) is 4.39 Å². The Morgan fingerprint density at radius 1 is 1.12 bits per heavy atom. The number of nitrogens with zero attached hydrogens (tertiary/aromatic N) is 1. The first kappa shape index (κ1) is 23.0. The summed E-state index contributed by atoms with van der Waals surface area (Å²) in [6.45, 7) is 0.347. The van der Waals surface area contributed by atoms with Crippen LogP contribution in [-0.2, 0) is 14.8 Å². The Morgan fingerprint density at radius 2 is 1.88 bits per heavy atom. The second kappa shape index (κ2) is 9.39. The van der Waals surface area contributed by atoms with Crippen LogP contribution in [-0.4, -0.2) is 44.4 Å². The quantitative estimate of drug-likeness (QED) is 0.670. The van der Waals surface area contributed by atoms with Gasteiger partial charge >= 0.3 is 0 Å². The van der Waals surface area contributed by atoms with E-state index in [0.29, 0.717) is 41.3 Å². The number of rotatable bonds is 5. The molecule has 1 atom stereocenters. The lowest BCUT2D eigenvalue weighted by atomic mass is 10.1. The summed E-state index contributed by atoms with van der Waals surface area (Å²) < 4.78 is 47.9. The Kier molecular flexibility index (Phi) is 6.76. The summed E-state index contributed by atoms with van der Waals surface area (Å²) in [7, 11) is -4.08. The van der Waals surface area contributed by atoms with Crippen LogP contribution in [0.2, 0.25) is 5.02 Å². The molecule has 0 radical (unpaired) electrons. The van der Waals surface area contributed by atoms with Crippen molar-refractivity contribution < 1.29 is 22.3 Å². The van der Waals surface area contributed by atoms with E-state index in [1.54, 1.807) is 0 Å². The van der Waals surface area contributed by atoms with Crippen molar-refractivity contribution in [1.82, 2.24) is 9.62 Å². The summed E-state index contributed by atoms with van der Waals surface area (Å²) in [4.78, 5) is 12.8. The molecule has 4 rings (SSSR count). The summed E-state index contributed by atoms with van der Waals surface area (Å²) in [6, 6.07) is 8.83. The molecular formula is C22H21Cl2FN2O4S. The van der Waals surface area contributed by atoms with Crippen LogP contribution in [0.1, 0.15) is 24.8 Å². The molecule has 1 unspecified atom stereocenters. The molecule has 1 fully saturated rings. The lowest BCUT2D eigenvalue weighted by Gasteiger charge is -2.31. The molecule has 1 saturated heterocycles. The summed E-state index contributed by atoms with van der Waals surface area (Å²) in [5, 5.41) is 3.40. The molecule has 170 valence electrons. The predicted molar refractivity (Wildman–Crippen MR) is 121 cm³/mol. The molecule has 0 saturated carbocycles. The van der Waals surface area contributed by atoms with E-state index in [1.165, 1.54) is 42.5 Å². The SMILES string of the molecule is O=C1NCCCCC1N(CC1=C(Cl)c2cc(F)ccc2OC1)S(=O)(=O)c1ccc(Cl)cc1. The molecule has 2 aliphatic rings. The Morgan fingerprint density at radius 3 is 2.62 bits per heavy atom. The van der Waals surface area contributed by atoms with E-state index in [-0.39, 0.29) is 29.0 Å². The van der Waals surface area contributed by atoms with E-state index >= 15 is 0 Å². The van der Waals surface area contributed by atoms with Crippen molar-refractivity contribution in [3.8, 4) is 5.75 Å². The van der Waals surface area contributed by atoms with Crippen LogP contribution in [0.3, 0.4) is 0 Å². The van der Waals surface area contributed by atoms with Gasteiger partial charge in [0.2, 0.25) is 15.9 Å². The molecule has 2 aromatic rings. The van der Waals surface area contributed by atoms with Gasteiger partial charge in [-0.15, -0.1) is 0 Å². The van der Waals surface area contributed by atoms with Crippen molar-refractivity contribution in [1.29, 1.82) is 0 Å². The van der Waals surface area contributed by atoms with Gasteiger partial charge < -0.3 is 10.1 Å². The predicted octanol–water partition coefficient (Wildman–Crippen LogP) is 4.18. The van der Waals surface area contributed by atoms with E-state index in [9.17, 15) is 17.6 Å². The second-order valence-corrected chi connectivity index (χ2v) is 10.4. The van der Waals surface area contributed by atoms with Crippen molar-refractivity contribution in [2.24, 2.45) is 0 Å². The standard InChI is InChI=1S/C22H21Cl2FN2O4S/c23-15-4-7-17(8-5-15)32(29,30)27(19-3-1-2-10-26-22(19)28)12-14-13-31-20-9-6-16(25)11-18(20)21(14)24/h4-9,11,19H,1-3,10,12-13H2,(H,26,28). The van der Waals surface area contributed by atoms with Crippen molar-refractivity contribution >= 4 is 44.2 Å². The molecule has 0 aliphatic carbocycles. The molecule has 6 nitrogen and oxygen atoms in total. The molecule has 10 heteroatoms. The van der Waals surface area contributed by atoms with Crippen molar-refractivity contribution in [3.63, 3.8) is 0 Å². The number of ether oxygens (including phenoxy) is 1. The monoisotopic (exact) mass is 498 g/mol. The minimum absolute atomic E-state index is 0.0128. The maximum absolute atomic E-state index is 13.8. The Hall–Kier alpha value is -2.13. The lowest BCUT2D eigenvalue weighted by Crippen LogP contribution is -2.49. The van der Waals surface area contributed by atoms with Gasteiger partial charge in [-0.05, 0) is 61.7 Å². The van der Waals surface area contributed by atoms with Crippen LogP contribution >= 0.6 is 23.2 Å². The number of hydrogen-bond acceptors (Lipinski definition) is 4. The number of sulfonamides is 1. The van der Waals surface area contributed by atoms with Gasteiger partial charge in [-0.25, -0.2) is 12.8 Å². The molecule has 0 spiro atoms. The molecule has 1 N–H and O–H groups in total. The second-order valence-electron chi connectivity index (χ2n) is 7.65. The van der Waals surface area contributed by atoms with Crippen molar-refractivity contribution in [2.45, 2.75) is 30.2 Å². The first-order valence-electron chi connectivity index (χ1n) is 10.1. The average molecular weight is 499 g/mol. The molecule has 1 amide bonds. The molecule has 32 heavy (non-hydrogen) atoms. The van der Waals surface area contributed by atoms with Crippen LogP contribution in [0.15, 0.2) is 52.9 Å². The van der Waals surface area contributed by atoms with Crippen LogP contribution in [0.5, 0.6) is 5.75 Å². The first-order valence-corrected chi connectivity index (χ1v) is 12.3. The molecule has 0 aromatic heterocycles. The molecule has 0 bridgehead atoms. The van der Waals surface area contributed by atoms with Gasteiger partial charge in [-0.2, -0.15) is 4.31 Å². The van der Waals surface area contributed by atoms with E-state index in [4.69, 9.17) is 27.9 Å². The zero-order chi connectivity index (χ0) is 22.9. The smallest absolute Gasteiger partial charge is 0.244 e. The van der Waals surface area contributed by atoms with Gasteiger partial charge in [0.05, 0.1) is 9.93 Å². The Bertz CT molecular complexity index is 1170. The van der Waals surface area contributed by atoms with Crippen LogP contribution < -0.4 is 10.1 Å². The third-order valence-corrected chi connectivity index (χ3v) is 8.10. The number of fused-ring (bicyclic) bond motifs is 1. The Balaban J connectivity index is 1.77. The fourth-order valence-corrected chi connectivity index (χ4v) is 5.82. The zero-order valence-corrected chi connectivity index (χ0v) is 19.3. The van der Waals surface area contributed by atoms with Gasteiger partial charge in [0, 0.05) is 29.2 Å². The minimum atomic E-state index is -4.08. The maximum Gasteiger partial charge on any atom is 0.244 e. The fraction of sp³-hybridized carbons (Fsp3) is 0.318. The number of benzene rings is 2. The number of amides is 1. The normalized spacial score (nSPS) is 19.2. The summed E-state index contributed by atoms with van der Waals surface area (Å²) in [6.07, 6.45) is 1.82. The lowest BCUT2D eigenvalue weighted by molar-refractivity contribution is -0.124. The highest BCUT2D eigenvalue weighted by molar-refractivity contribution is 7.89. The highest BCUT2D eigenvalue weighted by Gasteiger charge is 2.38. The highest BCUT2D eigenvalue weighted by atomic mass is 35.5. The minimum Gasteiger partial charge on any atom is -0.488 e. The van der Waals surface area contributed by atoms with Crippen LogP contribution in [0.25, 0.3) is 5.03 Å². The Labute approximate surface area is 196 Å². The molecular weight excluding hydrogens is 478 g/mol. The van der Waals surface area contributed by atoms with E-state index < -0.39 is 21.9 Å². The number of carbonyl (C=O) groups is 1. The van der Waals surface area contributed by atoms with Crippen molar-refractivity contribution in [3.05, 3.63) is 64.4 Å². The number of hydrogen-bond donors (Lipinski definition) is 1. The van der Waals surface area contributed by atoms with E-state index in [2.05, 4.69) is 5.32 Å². The maximum atomic E-state index is 13.8. The average Bonchev–Trinajstić information content (AvgIpc) is 2.98. The third kappa shape index (κ3) is 4.64. The number of carbonyl (C=O) groups excluding carboxylic acids is 1. The van der Waals surface area contributed by atoms with Crippen LogP contribution in [0, 0.1) is 5.82 Å². The van der Waals surface area contributed by atoms with E-state index in [0.717, 1.165) is 10.7 Å². The van der Waals surface area contributed by atoms with Gasteiger partial charge in [-0.1, -0.05) is 23.2 Å². The highest BCUT2D eigenvalue weighted by Crippen LogP contribution is 2.37. The topological polar surface area (TPSA) is 75.7 Å². The third-order valence-electron chi connectivity index (χ3n) is 5.51. The summed E-state index contributed by atoms with van der Waals surface area (Å²) in [5.41, 5.74) is 0.793. The molecule has 2 aliphatic heterocycles. The number of nitrogens with one attached hydrogen (secondary N) is 1. The zero-order valence-electron chi connectivity index (χ0n) is 17.0. The van der Waals surface area contributed by atoms with Gasteiger partial charge in [0.15, 0.2) is 0 Å². The van der Waals surface area contributed by atoms with Gasteiger partial charge in [0.1, 0.15) is 24.2 Å². The van der Waals surface area contributed by atoms with Gasteiger partial charge in [0.25, 0.3) is 0 Å². The summed E-state index contributed by atoms with van der Waals surface area (Å²) in [5.74, 6) is -0.431. The summed E-state index contributed by atoms with van der Waals surface area (Å²) >= 11 is 12.5. The van der Waals surface area contributed by atoms with Crippen molar-refractivity contribution in [2.75, 3.05) is 19.7 Å². The largest absolute Gasteiger partial charge is 0.488 e. The number of halogens is 3. The first-order chi connectivity index (χ1) is 15.3. The molecule has 2 aromatic carbocycles. The fourth-order valence-electron chi connectivity index (χ4n) is 3.82. The molecule has 2 heterocycles.